The Morgan fingerprint density at radius 3 is 2.86 bits per heavy atom. The van der Waals surface area contributed by atoms with Crippen LogP contribution in [0.5, 0.6) is 0 Å². The first-order valence-corrected chi connectivity index (χ1v) is 8.20. The Hall–Kier alpha value is -2.22. The molecule has 0 aliphatic heterocycles. The molecular formula is C12H17N5O4P+. The van der Waals surface area contributed by atoms with Crippen LogP contribution in [0.4, 0.5) is 5.95 Å². The zero-order chi connectivity index (χ0) is 16.3. The van der Waals surface area contributed by atoms with Gasteiger partial charge in [0, 0.05) is 0 Å². The number of anilines is 1. The first-order chi connectivity index (χ1) is 10.3. The van der Waals surface area contributed by atoms with Gasteiger partial charge in [-0.1, -0.05) is 29.8 Å². The molecule has 0 aromatic carbocycles. The van der Waals surface area contributed by atoms with Crippen molar-refractivity contribution in [1.29, 1.82) is 0 Å². The van der Waals surface area contributed by atoms with Gasteiger partial charge in [-0.3, -0.25) is 18.9 Å². The maximum Gasteiger partial charge on any atom is 0.329 e. The normalized spacial score (nSPS) is 12.3. The molecule has 118 valence electrons. The molecule has 5 N–H and O–H groups in total. The Kier molecular flexibility index (Phi) is 4.60. The van der Waals surface area contributed by atoms with Crippen LogP contribution in [-0.4, -0.2) is 30.5 Å². The molecule has 0 radical (unpaired) electrons. The highest BCUT2D eigenvalue weighted by molar-refractivity contribution is 7.51. The van der Waals surface area contributed by atoms with E-state index < -0.39 is 7.60 Å². The van der Waals surface area contributed by atoms with Gasteiger partial charge < -0.3 is 15.5 Å². The van der Waals surface area contributed by atoms with Crippen LogP contribution in [0.2, 0.25) is 0 Å². The zero-order valence-corrected chi connectivity index (χ0v) is 12.6. The smallest absolute Gasteiger partial charge is 0.329 e. The number of H-pyrrole nitrogens is 1. The average molecular weight is 326 g/mol. The first kappa shape index (κ1) is 16.2. The Morgan fingerprint density at radius 1 is 1.50 bits per heavy atom. The van der Waals surface area contributed by atoms with Crippen molar-refractivity contribution in [3.05, 3.63) is 41.5 Å². The number of nitrogens with one attached hydrogen (secondary N) is 1. The number of imidazole rings is 1. The number of nitrogens with two attached hydrogens (primary N) is 1. The summed E-state index contributed by atoms with van der Waals surface area (Å²) in [4.78, 5) is 36.1. The third-order valence-electron chi connectivity index (χ3n) is 2.87. The summed E-state index contributed by atoms with van der Waals surface area (Å²) < 4.78 is 14.1. The summed E-state index contributed by atoms with van der Waals surface area (Å²) in [6, 6.07) is 0. The quantitative estimate of drug-likeness (QED) is 0.321. The van der Waals surface area contributed by atoms with Gasteiger partial charge in [0.1, 0.15) is 0 Å². The van der Waals surface area contributed by atoms with Gasteiger partial charge in [-0.05, 0) is 0 Å². The zero-order valence-electron chi connectivity index (χ0n) is 11.7. The Bertz CT molecular complexity index is 832. The predicted molar refractivity (Wildman–Crippen MR) is 81.2 cm³/mol. The van der Waals surface area contributed by atoms with Gasteiger partial charge >= 0.3 is 13.2 Å². The summed E-state index contributed by atoms with van der Waals surface area (Å²) in [6.45, 7) is 4.36. The van der Waals surface area contributed by atoms with E-state index in [9.17, 15) is 9.36 Å². The van der Waals surface area contributed by atoms with E-state index in [2.05, 4.69) is 16.5 Å². The summed E-state index contributed by atoms with van der Waals surface area (Å²) in [5, 5.41) is 0. The topological polar surface area (TPSA) is 138 Å². The molecule has 0 spiro atoms. The molecule has 2 aromatic heterocycles. The number of rotatable bonds is 6. The minimum atomic E-state index is -4.06. The second-order valence-electron chi connectivity index (χ2n) is 4.65. The molecular weight excluding hydrogens is 309 g/mol. The molecule has 2 rings (SSSR count). The van der Waals surface area contributed by atoms with E-state index in [-0.39, 0.29) is 17.7 Å². The van der Waals surface area contributed by atoms with Gasteiger partial charge in [-0.25, -0.2) is 4.57 Å². The molecule has 22 heavy (non-hydrogen) atoms. The van der Waals surface area contributed by atoms with Crippen molar-refractivity contribution in [2.45, 2.75) is 13.1 Å². The molecule has 0 atom stereocenters. The van der Waals surface area contributed by atoms with Gasteiger partial charge in [-0.15, -0.1) is 0 Å². The van der Waals surface area contributed by atoms with Crippen molar-refractivity contribution in [2.24, 2.45) is 0 Å². The van der Waals surface area contributed by atoms with Crippen LogP contribution in [0.25, 0.3) is 11.2 Å². The molecule has 0 aliphatic rings. The number of aromatic amines is 1. The Labute approximate surface area is 125 Å². The average Bonchev–Trinajstić information content (AvgIpc) is 2.72. The number of hydrogen-bond donors (Lipinski definition) is 4. The van der Waals surface area contributed by atoms with Crippen LogP contribution < -0.4 is 15.9 Å². The van der Waals surface area contributed by atoms with Crippen LogP contribution in [0.3, 0.4) is 0 Å². The molecule has 2 aromatic rings. The summed E-state index contributed by atoms with van der Waals surface area (Å²) in [5.74, 6) is 0.00167. The highest BCUT2D eigenvalue weighted by atomic mass is 31.2. The lowest BCUT2D eigenvalue weighted by Gasteiger charge is -1.97. The molecule has 0 saturated carbocycles. The molecule has 9 nitrogen and oxygen atoms in total. The van der Waals surface area contributed by atoms with Crippen LogP contribution in [0, 0.1) is 0 Å². The molecule has 0 aliphatic carbocycles. The minimum absolute atomic E-state index is 0.00167. The molecule has 10 heteroatoms. The monoisotopic (exact) mass is 326 g/mol. The molecule has 0 amide bonds. The van der Waals surface area contributed by atoms with Gasteiger partial charge in [-0.2, -0.15) is 0 Å². The fourth-order valence-electron chi connectivity index (χ4n) is 2.02. The Morgan fingerprint density at radius 2 is 2.23 bits per heavy atom. The number of hydrogen-bond acceptors (Lipinski definition) is 4. The van der Waals surface area contributed by atoms with Crippen molar-refractivity contribution in [3.63, 3.8) is 0 Å². The van der Waals surface area contributed by atoms with E-state index in [0.717, 1.165) is 0 Å². The lowest BCUT2D eigenvalue weighted by molar-refractivity contribution is -0.663. The van der Waals surface area contributed by atoms with Gasteiger partial charge in [0.2, 0.25) is 5.52 Å². The van der Waals surface area contributed by atoms with E-state index in [1.807, 2.05) is 0 Å². The van der Waals surface area contributed by atoms with Crippen molar-refractivity contribution in [3.8, 4) is 0 Å². The van der Waals surface area contributed by atoms with E-state index >= 15 is 0 Å². The van der Waals surface area contributed by atoms with E-state index in [1.54, 1.807) is 27.6 Å². The first-order valence-electron chi connectivity index (χ1n) is 6.40. The van der Waals surface area contributed by atoms with Crippen LogP contribution >= 0.6 is 7.60 Å². The number of nitrogens with zero attached hydrogens (tertiary/aromatic N) is 3. The number of allylic oxidation sites excluding steroid dienone is 3. The largest absolute Gasteiger partial charge is 0.355 e. The van der Waals surface area contributed by atoms with E-state index in [4.69, 9.17) is 15.5 Å². The lowest BCUT2D eigenvalue weighted by atomic mass is 10.4. The van der Waals surface area contributed by atoms with Crippen molar-refractivity contribution >= 4 is 24.7 Å². The highest BCUT2D eigenvalue weighted by Crippen LogP contribution is 2.33. The van der Waals surface area contributed by atoms with Crippen LogP contribution in [-0.2, 0) is 17.7 Å². The summed E-state index contributed by atoms with van der Waals surface area (Å²) in [7, 11) is -4.06. The number of fused-ring (bicyclic) bond motifs is 1. The van der Waals surface area contributed by atoms with Crippen LogP contribution in [0.1, 0.15) is 0 Å². The lowest BCUT2D eigenvalue weighted by Crippen LogP contribution is -2.32. The molecule has 0 bridgehead atoms. The summed E-state index contributed by atoms with van der Waals surface area (Å²) in [5.41, 5.74) is 5.95. The van der Waals surface area contributed by atoms with E-state index in [0.29, 0.717) is 24.3 Å². The van der Waals surface area contributed by atoms with Crippen molar-refractivity contribution in [2.75, 3.05) is 11.9 Å². The standard InChI is InChI=1S/C12H16N5O4P/c1-2-5-16-8-17(6-3-4-7-22(19,20)21)10-9(16)11(18)15-12(13)14-10/h2-4,8H,1,5-7H2,(H4-,13,14,15,18,19,20,21)/p+1/b4-3-. The maximum absolute atomic E-state index is 12.0. The Balaban J connectivity index is 2.39. The van der Waals surface area contributed by atoms with Gasteiger partial charge in [0.15, 0.2) is 6.33 Å². The number of aromatic nitrogens is 4. The minimum Gasteiger partial charge on any atom is -0.355 e. The summed E-state index contributed by atoms with van der Waals surface area (Å²) in [6.07, 6.45) is 5.96. The highest BCUT2D eigenvalue weighted by Gasteiger charge is 2.20. The fourth-order valence-corrected chi connectivity index (χ4v) is 2.45. The third-order valence-corrected chi connectivity index (χ3v) is 3.56. The van der Waals surface area contributed by atoms with Crippen molar-refractivity contribution < 1.29 is 18.9 Å². The predicted octanol–water partition coefficient (Wildman–Crippen LogP) is -0.486. The second kappa shape index (κ2) is 6.27. The maximum atomic E-state index is 12.0. The SMILES string of the molecule is C=CCn1c[n+](C/C=C\CP(=O)(O)O)c2nc(N)[nH]c(=O)c21. The second-order valence-corrected chi connectivity index (χ2v) is 6.35. The van der Waals surface area contributed by atoms with Crippen molar-refractivity contribution in [1.82, 2.24) is 14.5 Å². The van der Waals surface area contributed by atoms with E-state index in [1.165, 1.54) is 6.08 Å². The molecule has 0 unspecified atom stereocenters. The summed E-state index contributed by atoms with van der Waals surface area (Å²) >= 11 is 0. The van der Waals surface area contributed by atoms with Gasteiger partial charge in [0.25, 0.3) is 11.5 Å². The number of nitrogen functional groups attached to an aromatic ring is 1. The fraction of sp³-hybridized carbons (Fsp3) is 0.250. The molecule has 2 heterocycles. The van der Waals surface area contributed by atoms with Gasteiger partial charge in [0.05, 0.1) is 19.3 Å². The molecule has 0 fully saturated rings. The van der Waals surface area contributed by atoms with Crippen LogP contribution in [0.15, 0.2) is 35.9 Å². The molecule has 0 saturated heterocycles. The third kappa shape index (κ3) is 3.70.